The van der Waals surface area contributed by atoms with E-state index in [4.69, 9.17) is 0 Å². The highest BCUT2D eigenvalue weighted by Gasteiger charge is 2.21. The van der Waals surface area contributed by atoms with Gasteiger partial charge in [0.1, 0.15) is 6.54 Å². The fraction of sp³-hybridized carbons (Fsp3) is 0.300. The summed E-state index contributed by atoms with van der Waals surface area (Å²) in [5.41, 5.74) is 4.80. The number of carbonyl (C=O) groups excluding carboxylic acids is 1. The van der Waals surface area contributed by atoms with Gasteiger partial charge in [-0.05, 0) is 48.9 Å². The Balaban J connectivity index is 1.52. The molecule has 1 aliphatic carbocycles. The van der Waals surface area contributed by atoms with Crippen LogP contribution >= 0.6 is 0 Å². The van der Waals surface area contributed by atoms with Crippen LogP contribution in [-0.2, 0) is 17.8 Å². The molecule has 24 heavy (non-hydrogen) atoms. The Morgan fingerprint density at radius 3 is 3.08 bits per heavy atom. The van der Waals surface area contributed by atoms with Crippen molar-refractivity contribution in [2.45, 2.75) is 38.8 Å². The minimum absolute atomic E-state index is 0.0169. The first-order chi connectivity index (χ1) is 11.7. The summed E-state index contributed by atoms with van der Waals surface area (Å²) in [6.07, 6.45) is 5.04. The van der Waals surface area contributed by atoms with Crippen LogP contribution in [-0.4, -0.2) is 15.7 Å². The molecule has 0 bridgehead atoms. The van der Waals surface area contributed by atoms with Gasteiger partial charge in [-0.3, -0.25) is 9.48 Å². The van der Waals surface area contributed by atoms with Gasteiger partial charge in [-0.2, -0.15) is 5.10 Å². The molecule has 4 rings (SSSR count). The van der Waals surface area contributed by atoms with Crippen molar-refractivity contribution in [2.75, 3.05) is 0 Å². The summed E-state index contributed by atoms with van der Waals surface area (Å²) in [6.45, 7) is 2.31. The zero-order valence-electron chi connectivity index (χ0n) is 13.8. The van der Waals surface area contributed by atoms with Crippen LogP contribution in [0.1, 0.15) is 35.6 Å². The van der Waals surface area contributed by atoms with Crippen molar-refractivity contribution in [3.63, 3.8) is 0 Å². The predicted octanol–water partition coefficient (Wildman–Crippen LogP) is 3.54. The minimum atomic E-state index is 0.0169. The molecule has 0 saturated heterocycles. The molecule has 0 aliphatic heterocycles. The van der Waals surface area contributed by atoms with Crippen molar-refractivity contribution in [1.82, 2.24) is 15.1 Å². The maximum atomic E-state index is 12.5. The fourth-order valence-electron chi connectivity index (χ4n) is 3.59. The largest absolute Gasteiger partial charge is 0.348 e. The van der Waals surface area contributed by atoms with Gasteiger partial charge in [0.15, 0.2) is 0 Å². The lowest BCUT2D eigenvalue weighted by molar-refractivity contribution is -0.122. The molecule has 122 valence electrons. The number of fused-ring (bicyclic) bond motifs is 2. The van der Waals surface area contributed by atoms with E-state index in [1.807, 2.05) is 18.3 Å². The van der Waals surface area contributed by atoms with Crippen molar-refractivity contribution >= 4 is 16.8 Å². The highest BCUT2D eigenvalue weighted by atomic mass is 16.2. The van der Waals surface area contributed by atoms with Gasteiger partial charge in [-0.15, -0.1) is 0 Å². The van der Waals surface area contributed by atoms with Crippen LogP contribution in [0.4, 0.5) is 0 Å². The molecule has 4 nitrogen and oxygen atoms in total. The van der Waals surface area contributed by atoms with E-state index in [0.29, 0.717) is 0 Å². The Bertz CT molecular complexity index is 897. The number of aryl methyl sites for hydroxylation is 2. The third kappa shape index (κ3) is 2.80. The van der Waals surface area contributed by atoms with Gasteiger partial charge in [0.05, 0.1) is 17.8 Å². The molecule has 0 radical (unpaired) electrons. The molecule has 4 heteroatoms. The molecule has 0 fully saturated rings. The highest BCUT2D eigenvalue weighted by molar-refractivity contribution is 5.82. The monoisotopic (exact) mass is 319 g/mol. The SMILES string of the molecule is Cc1ccc2cnn(CC(=O)NC3CCCc4ccccc43)c2c1. The number of hydrogen-bond acceptors (Lipinski definition) is 2. The van der Waals surface area contributed by atoms with Gasteiger partial charge in [0, 0.05) is 5.39 Å². The summed E-state index contributed by atoms with van der Waals surface area (Å²) in [5.74, 6) is 0.0169. The van der Waals surface area contributed by atoms with E-state index in [9.17, 15) is 4.79 Å². The minimum Gasteiger partial charge on any atom is -0.348 e. The summed E-state index contributed by atoms with van der Waals surface area (Å²) >= 11 is 0. The van der Waals surface area contributed by atoms with Crippen LogP contribution in [0.5, 0.6) is 0 Å². The number of carbonyl (C=O) groups is 1. The third-order valence-corrected chi connectivity index (χ3v) is 4.80. The molecular weight excluding hydrogens is 298 g/mol. The third-order valence-electron chi connectivity index (χ3n) is 4.80. The van der Waals surface area contributed by atoms with Gasteiger partial charge >= 0.3 is 0 Å². The summed E-state index contributed by atoms with van der Waals surface area (Å²) < 4.78 is 1.78. The first-order valence-electron chi connectivity index (χ1n) is 8.50. The van der Waals surface area contributed by atoms with E-state index in [-0.39, 0.29) is 18.5 Å². The average Bonchev–Trinajstić information content (AvgIpc) is 2.97. The smallest absolute Gasteiger partial charge is 0.242 e. The lowest BCUT2D eigenvalue weighted by Gasteiger charge is -2.26. The van der Waals surface area contributed by atoms with E-state index in [2.05, 4.69) is 47.7 Å². The van der Waals surface area contributed by atoms with Crippen LogP contribution in [0.2, 0.25) is 0 Å². The second kappa shape index (κ2) is 6.11. The quantitative estimate of drug-likeness (QED) is 0.802. The maximum absolute atomic E-state index is 12.5. The first-order valence-corrected chi connectivity index (χ1v) is 8.50. The number of rotatable bonds is 3. The number of benzene rings is 2. The van der Waals surface area contributed by atoms with E-state index in [0.717, 1.165) is 30.2 Å². The molecule has 1 heterocycles. The fourth-order valence-corrected chi connectivity index (χ4v) is 3.59. The number of amides is 1. The average molecular weight is 319 g/mol. The van der Waals surface area contributed by atoms with Crippen molar-refractivity contribution in [3.05, 3.63) is 65.4 Å². The molecule has 1 aliphatic rings. The van der Waals surface area contributed by atoms with Gasteiger partial charge in [-0.1, -0.05) is 36.4 Å². The van der Waals surface area contributed by atoms with Crippen LogP contribution < -0.4 is 5.32 Å². The van der Waals surface area contributed by atoms with E-state index < -0.39 is 0 Å². The highest BCUT2D eigenvalue weighted by Crippen LogP contribution is 2.29. The Morgan fingerprint density at radius 2 is 2.17 bits per heavy atom. The molecule has 2 aromatic carbocycles. The lowest BCUT2D eigenvalue weighted by atomic mass is 9.88. The van der Waals surface area contributed by atoms with Crippen molar-refractivity contribution < 1.29 is 4.79 Å². The molecule has 3 aromatic rings. The van der Waals surface area contributed by atoms with Crippen LogP contribution in [0.25, 0.3) is 10.9 Å². The standard InChI is InChI=1S/C20H21N3O/c1-14-9-10-16-12-21-23(19(16)11-14)13-20(24)22-18-8-4-6-15-5-2-3-7-17(15)18/h2-3,5,7,9-12,18H,4,6,8,13H2,1H3,(H,22,24). The second-order valence-electron chi connectivity index (χ2n) is 6.58. The number of hydrogen-bond donors (Lipinski definition) is 1. The molecule has 1 atom stereocenters. The Hall–Kier alpha value is -2.62. The second-order valence-corrected chi connectivity index (χ2v) is 6.58. The van der Waals surface area contributed by atoms with Gasteiger partial charge in [-0.25, -0.2) is 0 Å². The Kier molecular flexibility index (Phi) is 3.81. The van der Waals surface area contributed by atoms with Crippen molar-refractivity contribution in [1.29, 1.82) is 0 Å². The van der Waals surface area contributed by atoms with Crippen molar-refractivity contribution in [3.8, 4) is 0 Å². The van der Waals surface area contributed by atoms with Gasteiger partial charge in [0.2, 0.25) is 5.91 Å². The summed E-state index contributed by atoms with van der Waals surface area (Å²) in [4.78, 5) is 12.5. The summed E-state index contributed by atoms with van der Waals surface area (Å²) in [5, 5.41) is 8.63. The molecule has 1 N–H and O–H groups in total. The molecule has 0 spiro atoms. The molecule has 1 unspecified atom stereocenters. The summed E-state index contributed by atoms with van der Waals surface area (Å²) in [6, 6.07) is 14.7. The van der Waals surface area contributed by atoms with Gasteiger partial charge in [0.25, 0.3) is 0 Å². The zero-order valence-corrected chi connectivity index (χ0v) is 13.8. The normalized spacial score (nSPS) is 16.8. The number of aromatic nitrogens is 2. The Labute approximate surface area is 141 Å². The van der Waals surface area contributed by atoms with Crippen molar-refractivity contribution in [2.24, 2.45) is 0 Å². The number of nitrogens with one attached hydrogen (secondary N) is 1. The van der Waals surface area contributed by atoms with Gasteiger partial charge < -0.3 is 5.32 Å². The predicted molar refractivity (Wildman–Crippen MR) is 94.7 cm³/mol. The molecular formula is C20H21N3O. The topological polar surface area (TPSA) is 46.9 Å². The van der Waals surface area contributed by atoms with Crippen LogP contribution in [0.15, 0.2) is 48.7 Å². The summed E-state index contributed by atoms with van der Waals surface area (Å²) in [7, 11) is 0. The first kappa shape index (κ1) is 14.9. The van der Waals surface area contributed by atoms with E-state index in [1.54, 1.807) is 4.68 Å². The Morgan fingerprint density at radius 1 is 1.29 bits per heavy atom. The van der Waals surface area contributed by atoms with Crippen LogP contribution in [0, 0.1) is 6.92 Å². The molecule has 1 aromatic heterocycles. The molecule has 1 amide bonds. The van der Waals surface area contributed by atoms with Crippen LogP contribution in [0.3, 0.4) is 0 Å². The zero-order chi connectivity index (χ0) is 16.5. The lowest BCUT2D eigenvalue weighted by Crippen LogP contribution is -2.33. The maximum Gasteiger partial charge on any atom is 0.242 e. The number of nitrogens with zero attached hydrogens (tertiary/aromatic N) is 2. The van der Waals surface area contributed by atoms with E-state index in [1.165, 1.54) is 16.7 Å². The van der Waals surface area contributed by atoms with E-state index >= 15 is 0 Å². The molecule has 0 saturated carbocycles.